The first kappa shape index (κ1) is 12.5. The minimum Gasteiger partial charge on any atom is -0.304 e. The number of amides is 1. The lowest BCUT2D eigenvalue weighted by molar-refractivity contribution is -0.121. The standard InChI is InChI=1S/C12H19N3OS/c1-8(2)13-10-5-4-6-15(11(10)16)12-14-9(3)7-17-12/h7-8,10,13H,4-6H2,1-3H3. The summed E-state index contributed by atoms with van der Waals surface area (Å²) in [6.07, 6.45) is 1.96. The van der Waals surface area contributed by atoms with E-state index in [4.69, 9.17) is 0 Å². The highest BCUT2D eigenvalue weighted by Crippen LogP contribution is 2.24. The Kier molecular flexibility index (Phi) is 3.79. The molecule has 5 heteroatoms. The fourth-order valence-electron chi connectivity index (χ4n) is 2.09. The van der Waals surface area contributed by atoms with Crippen LogP contribution < -0.4 is 10.2 Å². The fourth-order valence-corrected chi connectivity index (χ4v) is 2.92. The summed E-state index contributed by atoms with van der Waals surface area (Å²) in [7, 11) is 0. The van der Waals surface area contributed by atoms with Crippen molar-refractivity contribution in [1.29, 1.82) is 0 Å². The molecule has 0 aromatic carbocycles. The van der Waals surface area contributed by atoms with Gasteiger partial charge in [-0.2, -0.15) is 0 Å². The zero-order chi connectivity index (χ0) is 12.4. The summed E-state index contributed by atoms with van der Waals surface area (Å²) in [5.41, 5.74) is 0.983. The highest BCUT2D eigenvalue weighted by atomic mass is 32.1. The van der Waals surface area contributed by atoms with Gasteiger partial charge in [0, 0.05) is 18.0 Å². The number of rotatable bonds is 3. The maximum absolute atomic E-state index is 12.3. The van der Waals surface area contributed by atoms with E-state index in [0.29, 0.717) is 6.04 Å². The van der Waals surface area contributed by atoms with E-state index in [-0.39, 0.29) is 11.9 Å². The summed E-state index contributed by atoms with van der Waals surface area (Å²) in [6, 6.07) is 0.287. The highest BCUT2D eigenvalue weighted by molar-refractivity contribution is 7.14. The first-order valence-corrected chi connectivity index (χ1v) is 6.95. The van der Waals surface area contributed by atoms with Gasteiger partial charge in [0.25, 0.3) is 0 Å². The molecule has 0 radical (unpaired) electrons. The Bertz CT molecular complexity index is 402. The average Bonchev–Trinajstić information content (AvgIpc) is 2.67. The number of nitrogens with one attached hydrogen (secondary N) is 1. The normalized spacial score (nSPS) is 21.3. The summed E-state index contributed by atoms with van der Waals surface area (Å²) in [5, 5.41) is 6.15. The Labute approximate surface area is 106 Å². The van der Waals surface area contributed by atoms with Crippen LogP contribution in [0.2, 0.25) is 0 Å². The fraction of sp³-hybridized carbons (Fsp3) is 0.667. The molecule has 1 fully saturated rings. The number of piperidine rings is 1. The van der Waals surface area contributed by atoms with Crippen molar-refractivity contribution in [2.75, 3.05) is 11.4 Å². The molecule has 94 valence electrons. The number of thiazole rings is 1. The summed E-state index contributed by atoms with van der Waals surface area (Å²) < 4.78 is 0. The molecule has 1 aliphatic heterocycles. The van der Waals surface area contributed by atoms with E-state index < -0.39 is 0 Å². The van der Waals surface area contributed by atoms with Crippen LogP contribution in [0.15, 0.2) is 5.38 Å². The lowest BCUT2D eigenvalue weighted by Crippen LogP contribution is -2.52. The second-order valence-corrected chi connectivity index (χ2v) is 5.61. The van der Waals surface area contributed by atoms with Crippen molar-refractivity contribution in [3.05, 3.63) is 11.1 Å². The Morgan fingerprint density at radius 3 is 2.94 bits per heavy atom. The molecule has 1 aliphatic rings. The van der Waals surface area contributed by atoms with Gasteiger partial charge in [0.2, 0.25) is 5.91 Å². The van der Waals surface area contributed by atoms with Gasteiger partial charge in [0.1, 0.15) is 0 Å². The number of hydrogen-bond acceptors (Lipinski definition) is 4. The predicted molar refractivity (Wildman–Crippen MR) is 70.5 cm³/mol. The van der Waals surface area contributed by atoms with E-state index in [9.17, 15) is 4.79 Å². The largest absolute Gasteiger partial charge is 0.304 e. The van der Waals surface area contributed by atoms with Crippen LogP contribution in [0.25, 0.3) is 0 Å². The van der Waals surface area contributed by atoms with Gasteiger partial charge in [-0.05, 0) is 19.8 Å². The summed E-state index contributed by atoms with van der Waals surface area (Å²) in [6.45, 7) is 6.89. The molecule has 0 bridgehead atoms. The lowest BCUT2D eigenvalue weighted by Gasteiger charge is -2.32. The number of aromatic nitrogens is 1. The van der Waals surface area contributed by atoms with Crippen LogP contribution in [-0.4, -0.2) is 29.5 Å². The first-order chi connectivity index (χ1) is 8.08. The second kappa shape index (κ2) is 5.14. The van der Waals surface area contributed by atoms with E-state index >= 15 is 0 Å². The topological polar surface area (TPSA) is 45.2 Å². The molecule has 0 spiro atoms. The van der Waals surface area contributed by atoms with Gasteiger partial charge in [0.15, 0.2) is 5.13 Å². The molecule has 1 unspecified atom stereocenters. The molecular weight excluding hydrogens is 234 g/mol. The number of nitrogens with zero attached hydrogens (tertiary/aromatic N) is 2. The number of hydrogen-bond donors (Lipinski definition) is 1. The van der Waals surface area contributed by atoms with Crippen LogP contribution in [0.3, 0.4) is 0 Å². The van der Waals surface area contributed by atoms with Gasteiger partial charge in [0.05, 0.1) is 11.7 Å². The van der Waals surface area contributed by atoms with E-state index in [1.807, 2.05) is 17.2 Å². The van der Waals surface area contributed by atoms with Gasteiger partial charge in [-0.1, -0.05) is 13.8 Å². The van der Waals surface area contributed by atoms with Gasteiger partial charge < -0.3 is 5.32 Å². The molecular formula is C12H19N3OS. The smallest absolute Gasteiger partial charge is 0.245 e. The molecule has 0 saturated carbocycles. The van der Waals surface area contributed by atoms with Crippen molar-refractivity contribution in [1.82, 2.24) is 10.3 Å². The third kappa shape index (κ3) is 2.84. The third-order valence-corrected chi connectivity index (χ3v) is 3.79. The van der Waals surface area contributed by atoms with Crippen molar-refractivity contribution >= 4 is 22.4 Å². The average molecular weight is 253 g/mol. The molecule has 1 atom stereocenters. The molecule has 2 heterocycles. The van der Waals surface area contributed by atoms with E-state index in [0.717, 1.165) is 30.2 Å². The van der Waals surface area contributed by atoms with E-state index in [1.54, 1.807) is 11.3 Å². The van der Waals surface area contributed by atoms with Crippen LogP contribution >= 0.6 is 11.3 Å². The van der Waals surface area contributed by atoms with Crippen LogP contribution in [-0.2, 0) is 4.79 Å². The Morgan fingerprint density at radius 2 is 2.35 bits per heavy atom. The van der Waals surface area contributed by atoms with Crippen molar-refractivity contribution < 1.29 is 4.79 Å². The van der Waals surface area contributed by atoms with Gasteiger partial charge in [-0.3, -0.25) is 9.69 Å². The SMILES string of the molecule is Cc1csc(N2CCCC(NC(C)C)C2=O)n1. The molecule has 0 aliphatic carbocycles. The minimum atomic E-state index is -0.0482. The molecule has 1 amide bonds. The summed E-state index contributed by atoms with van der Waals surface area (Å²) in [5.74, 6) is 0.166. The number of carbonyl (C=O) groups excluding carboxylic acids is 1. The van der Waals surface area contributed by atoms with Crippen LogP contribution in [0.5, 0.6) is 0 Å². The Hall–Kier alpha value is -0.940. The molecule has 1 aromatic rings. The lowest BCUT2D eigenvalue weighted by atomic mass is 10.0. The van der Waals surface area contributed by atoms with Gasteiger partial charge in [-0.25, -0.2) is 4.98 Å². The van der Waals surface area contributed by atoms with Crippen LogP contribution in [0.4, 0.5) is 5.13 Å². The van der Waals surface area contributed by atoms with Crippen molar-refractivity contribution in [3.63, 3.8) is 0 Å². The molecule has 2 rings (SSSR count). The monoisotopic (exact) mass is 253 g/mol. The van der Waals surface area contributed by atoms with Crippen LogP contribution in [0, 0.1) is 6.92 Å². The zero-order valence-electron chi connectivity index (χ0n) is 10.6. The van der Waals surface area contributed by atoms with Crippen LogP contribution in [0.1, 0.15) is 32.4 Å². The molecule has 1 saturated heterocycles. The highest BCUT2D eigenvalue weighted by Gasteiger charge is 2.31. The van der Waals surface area contributed by atoms with Crippen molar-refractivity contribution in [2.45, 2.75) is 45.7 Å². The summed E-state index contributed by atoms with van der Waals surface area (Å²) in [4.78, 5) is 18.5. The van der Waals surface area contributed by atoms with E-state index in [2.05, 4.69) is 24.1 Å². The first-order valence-electron chi connectivity index (χ1n) is 6.07. The quantitative estimate of drug-likeness (QED) is 0.895. The van der Waals surface area contributed by atoms with Gasteiger partial charge in [-0.15, -0.1) is 11.3 Å². The zero-order valence-corrected chi connectivity index (χ0v) is 11.4. The number of anilines is 1. The number of carbonyl (C=O) groups is 1. The maximum Gasteiger partial charge on any atom is 0.245 e. The maximum atomic E-state index is 12.3. The second-order valence-electron chi connectivity index (χ2n) is 4.78. The molecule has 1 N–H and O–H groups in total. The molecule has 1 aromatic heterocycles. The minimum absolute atomic E-state index is 0.0482. The predicted octanol–water partition coefficient (Wildman–Crippen LogP) is 1.94. The van der Waals surface area contributed by atoms with Crippen molar-refractivity contribution in [3.8, 4) is 0 Å². The Balaban J connectivity index is 2.11. The molecule has 4 nitrogen and oxygen atoms in total. The summed E-state index contributed by atoms with van der Waals surface area (Å²) >= 11 is 1.55. The Morgan fingerprint density at radius 1 is 1.59 bits per heavy atom. The van der Waals surface area contributed by atoms with Crippen molar-refractivity contribution in [2.24, 2.45) is 0 Å². The van der Waals surface area contributed by atoms with E-state index in [1.165, 1.54) is 0 Å². The third-order valence-electron chi connectivity index (χ3n) is 2.81. The number of aryl methyl sites for hydroxylation is 1. The molecule has 17 heavy (non-hydrogen) atoms. The van der Waals surface area contributed by atoms with Gasteiger partial charge >= 0.3 is 0 Å².